The van der Waals surface area contributed by atoms with Crippen molar-refractivity contribution in [3.63, 3.8) is 0 Å². The molecule has 0 spiro atoms. The lowest BCUT2D eigenvalue weighted by atomic mass is 9.82. The second kappa shape index (κ2) is 34.7. The second-order valence-electron chi connectivity index (χ2n) is 36.2. The summed E-state index contributed by atoms with van der Waals surface area (Å²) in [5.41, 5.74) is 28.7. The van der Waals surface area contributed by atoms with Gasteiger partial charge >= 0.3 is 0 Å². The fourth-order valence-corrected chi connectivity index (χ4v) is 21.4. The van der Waals surface area contributed by atoms with Gasteiger partial charge in [0.05, 0.1) is 0 Å². The lowest BCUT2D eigenvalue weighted by molar-refractivity contribution is 1.37. The monoisotopic (exact) mass is 1700 g/mol. The van der Waals surface area contributed by atoms with Gasteiger partial charge in [0.15, 0.2) is 0 Å². The van der Waals surface area contributed by atoms with E-state index in [2.05, 4.69) is 515 Å². The third-order valence-corrected chi connectivity index (χ3v) is 28.2. The molecule has 0 aliphatic heterocycles. The maximum Gasteiger partial charge on any atom is -0.00200 e. The van der Waals surface area contributed by atoms with E-state index in [4.69, 9.17) is 0 Å². The van der Waals surface area contributed by atoms with Gasteiger partial charge in [0.25, 0.3) is 0 Å². The summed E-state index contributed by atoms with van der Waals surface area (Å²) in [6, 6.07) is 173. The Labute approximate surface area is 782 Å². The van der Waals surface area contributed by atoms with Crippen LogP contribution in [0.5, 0.6) is 0 Å². The van der Waals surface area contributed by atoms with Crippen LogP contribution < -0.4 is 0 Å². The van der Waals surface area contributed by atoms with Crippen molar-refractivity contribution < 1.29 is 0 Å². The molecule has 26 rings (SSSR count). The molecule has 134 heavy (non-hydrogen) atoms. The summed E-state index contributed by atoms with van der Waals surface area (Å²) in [7, 11) is 0. The Morgan fingerprint density at radius 3 is 0.515 bits per heavy atom. The fraction of sp³-hybridized carbons (Fsp3) is 0.0448. The standard InChI is InChI=1S/2C36H26.C34H22.C28H22/c1-23-21-33-34(22-24(23)2)36(30-20-10-14-26-12-4-6-16-28(26)30)32-18-8-7-17-31(32)35(33)29-19-9-13-25-11-3-5-15-27(25)29;1-23-19-33-34(20-24(23)2)36(30-18-16-26-10-4-6-12-28(26)22-30)32-14-8-7-13-31(32)35(33)29-17-15-25-9-3-5-11-27(25)21-29;1-3-11-25-21-27(19-17-23(25)9-1)33-29-13-5-7-15-31(29)34(32-16-8-6-14-30(32)33)28-20-18-24-10-2-4-12-26(24)22-28;1-19-17-25-26(18-20(19)2)28(22-13-7-4-8-14-22)24-16-10-9-15-23(24)27(25)21-11-5-3-6-12-21/h2*3-22H,1-2H3;1-22H;3-18H,1-2H3. The minimum Gasteiger partial charge on any atom is -0.0622 e. The molecule has 632 valence electrons. The smallest absolute Gasteiger partial charge is 0.00200 e. The SMILES string of the molecule is Cc1cc2c(-c3ccc4ccccc4c3)c3ccccc3c(-c3ccc4ccccc4c3)c2cc1C.Cc1cc2c(-c3cccc4ccccc34)c3ccccc3c(-c3cccc4ccccc34)c2cc1C.Cc1cc2c(-c3ccccc3)c3ccccc3c(-c3ccccc3)c2cc1C.c1ccc2cc(-c3c4ccccc4c(-c4ccc5ccccc5c4)c4ccccc34)ccc2c1. The lowest BCUT2D eigenvalue weighted by Gasteiger charge is -2.21. The molecular formula is C134H96. The summed E-state index contributed by atoms with van der Waals surface area (Å²) in [6.45, 7) is 13.3. The number of hydrogen-bond acceptors (Lipinski definition) is 0. The third kappa shape index (κ3) is 14.7. The van der Waals surface area contributed by atoms with Gasteiger partial charge in [0.1, 0.15) is 0 Å². The van der Waals surface area contributed by atoms with Crippen LogP contribution in [0.2, 0.25) is 0 Å². The van der Waals surface area contributed by atoms with E-state index in [1.807, 2.05) is 0 Å². The quantitative estimate of drug-likeness (QED) is 0.133. The van der Waals surface area contributed by atoms with Crippen LogP contribution >= 0.6 is 0 Å². The first-order valence-corrected chi connectivity index (χ1v) is 46.8. The molecule has 0 N–H and O–H groups in total. The van der Waals surface area contributed by atoms with Gasteiger partial charge < -0.3 is 0 Å². The van der Waals surface area contributed by atoms with Crippen LogP contribution in [0.4, 0.5) is 0 Å². The highest BCUT2D eigenvalue weighted by atomic mass is 14.3. The summed E-state index contributed by atoms with van der Waals surface area (Å²) >= 11 is 0. The first-order chi connectivity index (χ1) is 66.0. The van der Waals surface area contributed by atoms with Gasteiger partial charge in [-0.1, -0.05) is 449 Å². The van der Waals surface area contributed by atoms with Crippen molar-refractivity contribution in [1.29, 1.82) is 0 Å². The Hall–Kier alpha value is -16.6. The van der Waals surface area contributed by atoms with Crippen LogP contribution in [-0.4, -0.2) is 0 Å². The topological polar surface area (TPSA) is 0 Å². The zero-order valence-corrected chi connectivity index (χ0v) is 76.0. The summed E-state index contributed by atoms with van der Waals surface area (Å²) in [6.07, 6.45) is 0. The molecule has 0 aromatic heterocycles. The number of benzene rings is 26. The predicted octanol–water partition coefficient (Wildman–Crippen LogP) is 38.1. The maximum absolute atomic E-state index is 2.41. The first kappa shape index (κ1) is 81.8. The van der Waals surface area contributed by atoms with Crippen molar-refractivity contribution in [2.45, 2.75) is 41.5 Å². The fourth-order valence-electron chi connectivity index (χ4n) is 21.4. The largest absolute Gasteiger partial charge is 0.0622 e. The molecule has 0 aliphatic rings. The highest BCUT2D eigenvalue weighted by Gasteiger charge is 2.25. The Morgan fingerprint density at radius 2 is 0.269 bits per heavy atom. The number of aryl methyl sites for hydroxylation is 6. The average Bonchev–Trinajstić information content (AvgIpc) is 0.699. The molecule has 0 amide bonds. The zero-order chi connectivity index (χ0) is 90.0. The van der Waals surface area contributed by atoms with Gasteiger partial charge in [-0.25, -0.2) is 0 Å². The Kier molecular flexibility index (Phi) is 21.2. The molecule has 0 saturated carbocycles. The molecule has 26 aromatic carbocycles. The van der Waals surface area contributed by atoms with Gasteiger partial charge in [-0.15, -0.1) is 0 Å². The zero-order valence-electron chi connectivity index (χ0n) is 76.0. The second-order valence-corrected chi connectivity index (χ2v) is 36.2. The van der Waals surface area contributed by atoms with Crippen LogP contribution in [0.15, 0.2) is 473 Å². The van der Waals surface area contributed by atoms with E-state index in [9.17, 15) is 0 Å². The van der Waals surface area contributed by atoms with Gasteiger partial charge in [0.2, 0.25) is 0 Å². The number of hydrogen-bond donors (Lipinski definition) is 0. The molecule has 26 aromatic rings. The summed E-state index contributed by atoms with van der Waals surface area (Å²) in [5.74, 6) is 0. The van der Waals surface area contributed by atoms with E-state index in [1.54, 1.807) is 0 Å². The normalized spacial score (nSPS) is 11.5. The molecule has 0 fully saturated rings. The first-order valence-electron chi connectivity index (χ1n) is 46.8. The molecule has 0 aliphatic carbocycles. The van der Waals surface area contributed by atoms with Crippen LogP contribution in [0.3, 0.4) is 0 Å². The van der Waals surface area contributed by atoms with Crippen molar-refractivity contribution >= 4 is 151 Å². The molecule has 0 heterocycles. The Morgan fingerprint density at radius 1 is 0.0970 bits per heavy atom. The summed E-state index contributed by atoms with van der Waals surface area (Å²) < 4.78 is 0. The van der Waals surface area contributed by atoms with Crippen molar-refractivity contribution in [1.82, 2.24) is 0 Å². The van der Waals surface area contributed by atoms with E-state index in [0.29, 0.717) is 0 Å². The Bertz CT molecular complexity index is 8590. The van der Waals surface area contributed by atoms with Crippen molar-refractivity contribution in [2.24, 2.45) is 0 Å². The van der Waals surface area contributed by atoms with Crippen molar-refractivity contribution in [3.05, 3.63) is 507 Å². The number of rotatable bonds is 8. The minimum atomic E-state index is 1.26. The van der Waals surface area contributed by atoms with Gasteiger partial charge in [0, 0.05) is 0 Å². The van der Waals surface area contributed by atoms with Gasteiger partial charge in [-0.05, 0) is 339 Å². The van der Waals surface area contributed by atoms with Crippen LogP contribution in [0.1, 0.15) is 33.4 Å². The minimum absolute atomic E-state index is 1.26. The van der Waals surface area contributed by atoms with Crippen LogP contribution in [-0.2, 0) is 0 Å². The lowest BCUT2D eigenvalue weighted by Crippen LogP contribution is -1.94. The van der Waals surface area contributed by atoms with Crippen molar-refractivity contribution in [2.75, 3.05) is 0 Å². The molecule has 0 radical (unpaired) electrons. The molecule has 0 atom stereocenters. The molecule has 0 nitrogen and oxygen atoms in total. The van der Waals surface area contributed by atoms with E-state index >= 15 is 0 Å². The predicted molar refractivity (Wildman–Crippen MR) is 583 cm³/mol. The molecule has 0 unspecified atom stereocenters. The van der Waals surface area contributed by atoms with Gasteiger partial charge in [-0.3, -0.25) is 0 Å². The molecule has 0 heteroatoms. The Balaban J connectivity index is 0.000000101. The number of fused-ring (bicyclic) bond motifs is 14. The third-order valence-electron chi connectivity index (χ3n) is 28.2. The maximum atomic E-state index is 2.41. The van der Waals surface area contributed by atoms with E-state index in [-0.39, 0.29) is 0 Å². The summed E-state index contributed by atoms with van der Waals surface area (Å²) in [5, 5.41) is 36.2. The average molecular weight is 1710 g/mol. The van der Waals surface area contributed by atoms with Crippen LogP contribution in [0.25, 0.3) is 240 Å². The van der Waals surface area contributed by atoms with E-state index in [0.717, 1.165) is 0 Å². The highest BCUT2D eigenvalue weighted by Crippen LogP contribution is 2.52. The van der Waals surface area contributed by atoms with Crippen LogP contribution in [0, 0.1) is 41.5 Å². The van der Waals surface area contributed by atoms with Crippen molar-refractivity contribution in [3.8, 4) is 89.0 Å². The molecule has 0 saturated heterocycles. The molecular weight excluding hydrogens is 1610 g/mol. The van der Waals surface area contributed by atoms with Gasteiger partial charge in [-0.2, -0.15) is 0 Å². The van der Waals surface area contributed by atoms with E-state index < -0.39 is 0 Å². The summed E-state index contributed by atoms with van der Waals surface area (Å²) in [4.78, 5) is 0. The van der Waals surface area contributed by atoms with E-state index in [1.165, 1.54) is 273 Å². The highest BCUT2D eigenvalue weighted by molar-refractivity contribution is 6.28. The molecule has 0 bridgehead atoms.